The van der Waals surface area contributed by atoms with Gasteiger partial charge in [-0.2, -0.15) is 18.3 Å². The Morgan fingerprint density at radius 1 is 1.03 bits per heavy atom. The van der Waals surface area contributed by atoms with E-state index in [1.165, 1.54) is 20.2 Å². The van der Waals surface area contributed by atoms with Crippen molar-refractivity contribution in [1.82, 2.24) is 19.2 Å². The normalized spacial score (nSPS) is 13.8. The summed E-state index contributed by atoms with van der Waals surface area (Å²) < 4.78 is 42.9. The van der Waals surface area contributed by atoms with Crippen LogP contribution in [0.25, 0.3) is 5.69 Å². The molecule has 1 aliphatic rings. The third-order valence-corrected chi connectivity index (χ3v) is 5.24. The minimum Gasteiger partial charge on any atom is -0.309 e. The minimum atomic E-state index is -4.60. The van der Waals surface area contributed by atoms with Gasteiger partial charge in [0.2, 0.25) is 5.91 Å². The monoisotopic (exact) mass is 445 g/mol. The van der Waals surface area contributed by atoms with E-state index in [1.807, 2.05) is 19.0 Å². The average Bonchev–Trinajstić information content (AvgIpc) is 2.96. The number of aryl methyl sites for hydroxylation is 1. The van der Waals surface area contributed by atoms with Gasteiger partial charge < -0.3 is 4.90 Å². The summed E-state index contributed by atoms with van der Waals surface area (Å²) in [5.74, 6) is -0.273. The van der Waals surface area contributed by atoms with Crippen LogP contribution < -0.4 is 10.6 Å². The molecule has 1 amide bonds. The Labute approximate surface area is 182 Å². The molecule has 0 spiro atoms. The summed E-state index contributed by atoms with van der Waals surface area (Å²) in [5, 5.41) is 4.33. The first-order valence-corrected chi connectivity index (χ1v) is 10.1. The largest absolute Gasteiger partial charge is 0.416 e. The number of hydrogen-bond donors (Lipinski definition) is 0. The molecule has 32 heavy (non-hydrogen) atoms. The van der Waals surface area contributed by atoms with E-state index in [-0.39, 0.29) is 23.6 Å². The maximum atomic E-state index is 13.5. The first-order valence-electron chi connectivity index (χ1n) is 10.1. The molecular weight excluding hydrogens is 423 g/mol. The number of fused-ring (bicyclic) bond motifs is 3. The molecule has 0 saturated carbocycles. The Morgan fingerprint density at radius 2 is 1.75 bits per heavy atom. The van der Waals surface area contributed by atoms with Crippen molar-refractivity contribution in [2.24, 2.45) is 0 Å². The number of halogens is 3. The van der Waals surface area contributed by atoms with Gasteiger partial charge in [0.15, 0.2) is 0 Å². The third kappa shape index (κ3) is 4.05. The van der Waals surface area contributed by atoms with E-state index in [1.54, 1.807) is 30.3 Å². The second-order valence-corrected chi connectivity index (χ2v) is 7.86. The molecule has 0 fully saturated rings. The Kier molecular flexibility index (Phi) is 5.64. The van der Waals surface area contributed by atoms with Crippen molar-refractivity contribution in [3.63, 3.8) is 0 Å². The van der Waals surface area contributed by atoms with Crippen LogP contribution in [0.5, 0.6) is 0 Å². The number of amides is 1. The molecule has 0 unspecified atom stereocenters. The zero-order chi connectivity index (χ0) is 23.0. The van der Waals surface area contributed by atoms with Gasteiger partial charge in [0, 0.05) is 12.2 Å². The molecule has 0 aliphatic carbocycles. The van der Waals surface area contributed by atoms with Crippen molar-refractivity contribution in [3.8, 4) is 5.69 Å². The zero-order valence-corrected chi connectivity index (χ0v) is 17.6. The number of nitrogens with zero attached hydrogens (tertiary/aromatic N) is 5. The molecule has 0 saturated heterocycles. The topological polar surface area (TPSA) is 63.4 Å². The molecule has 10 heteroatoms. The van der Waals surface area contributed by atoms with Crippen LogP contribution in [-0.2, 0) is 23.9 Å². The standard InChI is InChI=1S/C22H22F3N5O2/c1-27(2)11-6-12-28-21(32)30-17-10-9-15(22(23,24)25)13-18(17)29(16-7-4-3-5-8-16)20(31)14-19(30)26-28/h3-5,7-10,13H,6,11-12,14H2,1-2H3. The lowest BCUT2D eigenvalue weighted by Crippen LogP contribution is -2.28. The average molecular weight is 445 g/mol. The second kappa shape index (κ2) is 8.27. The summed E-state index contributed by atoms with van der Waals surface area (Å²) in [4.78, 5) is 29.5. The molecular formula is C22H22F3N5O2. The van der Waals surface area contributed by atoms with Gasteiger partial charge in [0.25, 0.3) is 0 Å². The van der Waals surface area contributed by atoms with Crippen LogP contribution in [0.2, 0.25) is 0 Å². The van der Waals surface area contributed by atoms with E-state index < -0.39 is 23.3 Å². The van der Waals surface area contributed by atoms with Crippen molar-refractivity contribution in [2.75, 3.05) is 25.5 Å². The molecule has 0 N–H and O–H groups in total. The number of para-hydroxylation sites is 1. The SMILES string of the molecule is CN(C)CCCn1nc2n(c1=O)-c1ccc(C(F)(F)F)cc1N(c1ccccc1)C(=O)C2. The minimum absolute atomic E-state index is 0.00952. The highest BCUT2D eigenvalue weighted by Gasteiger charge is 2.35. The Hall–Kier alpha value is -3.40. The summed E-state index contributed by atoms with van der Waals surface area (Å²) in [6.45, 7) is 1.07. The molecule has 1 aliphatic heterocycles. The van der Waals surface area contributed by atoms with Gasteiger partial charge in [0.1, 0.15) is 5.82 Å². The maximum absolute atomic E-state index is 13.5. The van der Waals surface area contributed by atoms with E-state index in [4.69, 9.17) is 0 Å². The van der Waals surface area contributed by atoms with Crippen LogP contribution in [-0.4, -0.2) is 45.8 Å². The molecule has 0 atom stereocenters. The first-order chi connectivity index (χ1) is 15.2. The fraction of sp³-hybridized carbons (Fsp3) is 0.318. The summed E-state index contributed by atoms with van der Waals surface area (Å²) in [7, 11) is 3.83. The van der Waals surface area contributed by atoms with Gasteiger partial charge in [-0.25, -0.2) is 14.0 Å². The fourth-order valence-corrected chi connectivity index (χ4v) is 3.77. The predicted molar refractivity (Wildman–Crippen MR) is 113 cm³/mol. The summed E-state index contributed by atoms with van der Waals surface area (Å²) in [6, 6.07) is 11.4. The number of anilines is 2. The van der Waals surface area contributed by atoms with Crippen molar-refractivity contribution >= 4 is 17.3 Å². The highest BCUT2D eigenvalue weighted by molar-refractivity contribution is 6.04. The molecule has 2 aromatic carbocycles. The second-order valence-electron chi connectivity index (χ2n) is 7.86. The number of aromatic nitrogens is 3. The van der Waals surface area contributed by atoms with Gasteiger partial charge in [0.05, 0.1) is 23.4 Å². The van der Waals surface area contributed by atoms with Crippen molar-refractivity contribution in [1.29, 1.82) is 0 Å². The molecule has 2 heterocycles. The lowest BCUT2D eigenvalue weighted by Gasteiger charge is -2.24. The first kappa shape index (κ1) is 21.8. The van der Waals surface area contributed by atoms with E-state index >= 15 is 0 Å². The summed E-state index contributed by atoms with van der Waals surface area (Å²) in [5.41, 5.74) is -0.797. The molecule has 0 bridgehead atoms. The van der Waals surface area contributed by atoms with Crippen LogP contribution in [0.3, 0.4) is 0 Å². The van der Waals surface area contributed by atoms with E-state index in [0.29, 0.717) is 18.7 Å². The quantitative estimate of drug-likeness (QED) is 0.605. The highest BCUT2D eigenvalue weighted by Crippen LogP contribution is 2.39. The van der Waals surface area contributed by atoms with Crippen LogP contribution in [0, 0.1) is 0 Å². The Balaban J connectivity index is 1.89. The van der Waals surface area contributed by atoms with E-state index in [9.17, 15) is 22.8 Å². The van der Waals surface area contributed by atoms with Gasteiger partial charge >= 0.3 is 11.9 Å². The number of benzene rings is 2. The van der Waals surface area contributed by atoms with Gasteiger partial charge in [-0.05, 0) is 57.4 Å². The van der Waals surface area contributed by atoms with E-state index in [0.717, 1.165) is 18.7 Å². The van der Waals surface area contributed by atoms with Crippen LogP contribution in [0.1, 0.15) is 17.8 Å². The van der Waals surface area contributed by atoms with E-state index in [2.05, 4.69) is 5.10 Å². The lowest BCUT2D eigenvalue weighted by molar-refractivity contribution is -0.137. The molecule has 1 aromatic heterocycles. The smallest absolute Gasteiger partial charge is 0.309 e. The number of carbonyl (C=O) groups excluding carboxylic acids is 1. The predicted octanol–water partition coefficient (Wildman–Crippen LogP) is 3.23. The Morgan fingerprint density at radius 3 is 2.41 bits per heavy atom. The molecule has 3 aromatic rings. The highest BCUT2D eigenvalue weighted by atomic mass is 19.4. The van der Waals surface area contributed by atoms with Gasteiger partial charge in [-0.3, -0.25) is 9.69 Å². The van der Waals surface area contributed by atoms with Gasteiger partial charge in [-0.1, -0.05) is 18.2 Å². The number of alkyl halides is 3. The number of carbonyl (C=O) groups is 1. The lowest BCUT2D eigenvalue weighted by atomic mass is 10.1. The van der Waals surface area contributed by atoms with Crippen molar-refractivity contribution in [2.45, 2.75) is 25.6 Å². The molecule has 4 rings (SSSR count). The fourth-order valence-electron chi connectivity index (χ4n) is 3.77. The van der Waals surface area contributed by atoms with Crippen LogP contribution in [0.15, 0.2) is 53.3 Å². The van der Waals surface area contributed by atoms with Crippen LogP contribution in [0.4, 0.5) is 24.5 Å². The van der Waals surface area contributed by atoms with Gasteiger partial charge in [-0.15, -0.1) is 0 Å². The molecule has 168 valence electrons. The number of rotatable bonds is 5. The molecule has 0 radical (unpaired) electrons. The number of hydrogen-bond acceptors (Lipinski definition) is 4. The third-order valence-electron chi connectivity index (χ3n) is 5.24. The maximum Gasteiger partial charge on any atom is 0.416 e. The molecule has 7 nitrogen and oxygen atoms in total. The summed E-state index contributed by atoms with van der Waals surface area (Å²) in [6.07, 6.45) is -4.16. The Bertz CT molecular complexity index is 1200. The zero-order valence-electron chi connectivity index (χ0n) is 17.6. The van der Waals surface area contributed by atoms with Crippen molar-refractivity contribution < 1.29 is 18.0 Å². The van der Waals surface area contributed by atoms with Crippen molar-refractivity contribution in [3.05, 3.63) is 70.4 Å². The summed E-state index contributed by atoms with van der Waals surface area (Å²) >= 11 is 0. The van der Waals surface area contributed by atoms with Crippen LogP contribution >= 0.6 is 0 Å².